The SMILES string of the molecule is COc1ccc(-c2cnccc2C(F)(F)F)cc1CN. The van der Waals surface area contributed by atoms with E-state index in [-0.39, 0.29) is 12.1 Å². The van der Waals surface area contributed by atoms with Crippen molar-refractivity contribution in [2.75, 3.05) is 7.11 Å². The molecule has 2 rings (SSSR count). The molecule has 0 spiro atoms. The first-order chi connectivity index (χ1) is 9.47. The maximum absolute atomic E-state index is 13.0. The van der Waals surface area contributed by atoms with Gasteiger partial charge in [-0.25, -0.2) is 0 Å². The highest BCUT2D eigenvalue weighted by Crippen LogP contribution is 2.37. The second-order valence-corrected chi connectivity index (χ2v) is 4.15. The van der Waals surface area contributed by atoms with Crippen LogP contribution in [0.25, 0.3) is 11.1 Å². The van der Waals surface area contributed by atoms with Crippen LogP contribution in [0.1, 0.15) is 11.1 Å². The number of pyridine rings is 1. The minimum atomic E-state index is -4.43. The van der Waals surface area contributed by atoms with E-state index in [9.17, 15) is 13.2 Å². The maximum Gasteiger partial charge on any atom is 0.417 e. The van der Waals surface area contributed by atoms with Gasteiger partial charge in [0.15, 0.2) is 0 Å². The van der Waals surface area contributed by atoms with Crippen LogP contribution in [-0.2, 0) is 12.7 Å². The topological polar surface area (TPSA) is 48.1 Å². The number of hydrogen-bond acceptors (Lipinski definition) is 3. The van der Waals surface area contributed by atoms with E-state index in [2.05, 4.69) is 4.98 Å². The minimum Gasteiger partial charge on any atom is -0.496 e. The molecule has 0 fully saturated rings. The molecule has 0 saturated carbocycles. The fraction of sp³-hybridized carbons (Fsp3) is 0.214. The third-order valence-corrected chi connectivity index (χ3v) is 2.94. The quantitative estimate of drug-likeness (QED) is 0.940. The highest BCUT2D eigenvalue weighted by atomic mass is 19.4. The number of hydrogen-bond donors (Lipinski definition) is 1. The molecule has 0 radical (unpaired) electrons. The number of nitrogens with two attached hydrogens (primary N) is 1. The van der Waals surface area contributed by atoms with Crippen molar-refractivity contribution >= 4 is 0 Å². The first kappa shape index (κ1) is 14.3. The van der Waals surface area contributed by atoms with Gasteiger partial charge >= 0.3 is 6.18 Å². The monoisotopic (exact) mass is 282 g/mol. The van der Waals surface area contributed by atoms with Gasteiger partial charge in [0, 0.05) is 30.1 Å². The summed E-state index contributed by atoms with van der Waals surface area (Å²) in [6, 6.07) is 5.71. The van der Waals surface area contributed by atoms with Crippen LogP contribution >= 0.6 is 0 Å². The molecule has 2 aromatic rings. The Bertz CT molecular complexity index is 612. The second-order valence-electron chi connectivity index (χ2n) is 4.15. The van der Waals surface area contributed by atoms with Gasteiger partial charge in [0.05, 0.1) is 12.7 Å². The van der Waals surface area contributed by atoms with E-state index < -0.39 is 11.7 Å². The Kier molecular flexibility index (Phi) is 3.94. The molecule has 3 nitrogen and oxygen atoms in total. The molecule has 0 aliphatic rings. The minimum absolute atomic E-state index is 0.0253. The zero-order chi connectivity index (χ0) is 14.8. The summed E-state index contributed by atoms with van der Waals surface area (Å²) in [5.74, 6) is 0.550. The van der Waals surface area contributed by atoms with Crippen LogP contribution in [0, 0.1) is 0 Å². The number of methoxy groups -OCH3 is 1. The fourth-order valence-electron chi connectivity index (χ4n) is 1.98. The zero-order valence-electron chi connectivity index (χ0n) is 10.7. The van der Waals surface area contributed by atoms with Crippen LogP contribution < -0.4 is 10.5 Å². The zero-order valence-corrected chi connectivity index (χ0v) is 10.7. The number of benzene rings is 1. The molecule has 1 aromatic heterocycles. The van der Waals surface area contributed by atoms with Gasteiger partial charge in [0.25, 0.3) is 0 Å². The number of rotatable bonds is 3. The summed E-state index contributed by atoms with van der Waals surface area (Å²) in [4.78, 5) is 3.77. The Morgan fingerprint density at radius 1 is 1.25 bits per heavy atom. The lowest BCUT2D eigenvalue weighted by Gasteiger charge is -2.14. The number of halogens is 3. The predicted octanol–water partition coefficient (Wildman–Crippen LogP) is 3.23. The van der Waals surface area contributed by atoms with Crippen LogP contribution in [-0.4, -0.2) is 12.1 Å². The van der Waals surface area contributed by atoms with E-state index in [0.29, 0.717) is 16.9 Å². The fourth-order valence-corrected chi connectivity index (χ4v) is 1.98. The lowest BCUT2D eigenvalue weighted by molar-refractivity contribution is -0.137. The van der Waals surface area contributed by atoms with E-state index in [1.807, 2.05) is 0 Å². The second kappa shape index (κ2) is 5.50. The lowest BCUT2D eigenvalue weighted by Crippen LogP contribution is -2.08. The molecule has 0 bridgehead atoms. The summed E-state index contributed by atoms with van der Waals surface area (Å²) in [5, 5.41) is 0. The Labute approximate surface area is 114 Å². The molecule has 2 N–H and O–H groups in total. The molecule has 0 unspecified atom stereocenters. The molecular weight excluding hydrogens is 269 g/mol. The lowest BCUT2D eigenvalue weighted by atomic mass is 9.99. The summed E-state index contributed by atoms with van der Waals surface area (Å²) in [6.45, 7) is 0.179. The molecule has 106 valence electrons. The standard InChI is InChI=1S/C14H13F3N2O/c1-20-13-3-2-9(6-10(13)7-18)11-8-19-5-4-12(11)14(15,16)17/h2-6,8H,7,18H2,1H3. The Morgan fingerprint density at radius 3 is 2.60 bits per heavy atom. The largest absolute Gasteiger partial charge is 0.496 e. The molecule has 0 amide bonds. The smallest absolute Gasteiger partial charge is 0.417 e. The summed E-state index contributed by atoms with van der Waals surface area (Å²) in [6.07, 6.45) is -2.11. The molecule has 6 heteroatoms. The van der Waals surface area contributed by atoms with Gasteiger partial charge in [0.1, 0.15) is 5.75 Å². The molecule has 1 heterocycles. The van der Waals surface area contributed by atoms with E-state index in [4.69, 9.17) is 10.5 Å². The van der Waals surface area contributed by atoms with Crippen molar-refractivity contribution in [1.82, 2.24) is 4.98 Å². The number of alkyl halides is 3. The van der Waals surface area contributed by atoms with E-state index in [0.717, 1.165) is 12.3 Å². The average molecular weight is 282 g/mol. The normalized spacial score (nSPS) is 11.4. The highest BCUT2D eigenvalue weighted by molar-refractivity contribution is 5.69. The number of nitrogens with zero attached hydrogens (tertiary/aromatic N) is 1. The van der Waals surface area contributed by atoms with Gasteiger partial charge < -0.3 is 10.5 Å². The predicted molar refractivity (Wildman–Crippen MR) is 69.1 cm³/mol. The third-order valence-electron chi connectivity index (χ3n) is 2.94. The van der Waals surface area contributed by atoms with Gasteiger partial charge in [-0.3, -0.25) is 4.98 Å². The van der Waals surface area contributed by atoms with Gasteiger partial charge in [0.2, 0.25) is 0 Å². The molecule has 0 aliphatic carbocycles. The van der Waals surface area contributed by atoms with E-state index in [1.165, 1.54) is 13.3 Å². The van der Waals surface area contributed by atoms with Crippen molar-refractivity contribution in [2.24, 2.45) is 5.73 Å². The Morgan fingerprint density at radius 2 is 2.00 bits per heavy atom. The maximum atomic E-state index is 13.0. The Hall–Kier alpha value is -2.08. The molecular formula is C14H13F3N2O. The summed E-state index contributed by atoms with van der Waals surface area (Å²) in [5.41, 5.74) is 5.93. The first-order valence-electron chi connectivity index (χ1n) is 5.86. The van der Waals surface area contributed by atoms with Crippen LogP contribution in [0.4, 0.5) is 13.2 Å². The van der Waals surface area contributed by atoms with Crippen molar-refractivity contribution in [3.63, 3.8) is 0 Å². The van der Waals surface area contributed by atoms with Crippen molar-refractivity contribution in [1.29, 1.82) is 0 Å². The van der Waals surface area contributed by atoms with Gasteiger partial charge in [-0.1, -0.05) is 6.07 Å². The van der Waals surface area contributed by atoms with Crippen LogP contribution in [0.15, 0.2) is 36.7 Å². The molecule has 1 aromatic carbocycles. The summed E-state index contributed by atoms with van der Waals surface area (Å²) in [7, 11) is 1.49. The number of aromatic nitrogens is 1. The van der Waals surface area contributed by atoms with Crippen molar-refractivity contribution in [2.45, 2.75) is 12.7 Å². The highest BCUT2D eigenvalue weighted by Gasteiger charge is 2.33. The van der Waals surface area contributed by atoms with E-state index in [1.54, 1.807) is 18.2 Å². The van der Waals surface area contributed by atoms with Crippen LogP contribution in [0.3, 0.4) is 0 Å². The molecule has 20 heavy (non-hydrogen) atoms. The summed E-state index contributed by atoms with van der Waals surface area (Å²) < 4.78 is 44.1. The number of ether oxygens (including phenoxy) is 1. The van der Waals surface area contributed by atoms with E-state index >= 15 is 0 Å². The summed E-state index contributed by atoms with van der Waals surface area (Å²) >= 11 is 0. The Balaban J connectivity index is 2.58. The molecule has 0 atom stereocenters. The first-order valence-corrected chi connectivity index (χ1v) is 5.86. The van der Waals surface area contributed by atoms with Gasteiger partial charge in [-0.15, -0.1) is 0 Å². The van der Waals surface area contributed by atoms with Crippen molar-refractivity contribution in [3.8, 4) is 16.9 Å². The van der Waals surface area contributed by atoms with Crippen LogP contribution in [0.5, 0.6) is 5.75 Å². The van der Waals surface area contributed by atoms with Crippen molar-refractivity contribution < 1.29 is 17.9 Å². The van der Waals surface area contributed by atoms with Crippen molar-refractivity contribution in [3.05, 3.63) is 47.8 Å². The molecule has 0 saturated heterocycles. The average Bonchev–Trinajstić information content (AvgIpc) is 2.45. The third kappa shape index (κ3) is 2.75. The molecule has 0 aliphatic heterocycles. The van der Waals surface area contributed by atoms with Crippen LogP contribution in [0.2, 0.25) is 0 Å². The van der Waals surface area contributed by atoms with Gasteiger partial charge in [-0.05, 0) is 23.8 Å². The van der Waals surface area contributed by atoms with Gasteiger partial charge in [-0.2, -0.15) is 13.2 Å².